The van der Waals surface area contributed by atoms with Gasteiger partial charge in [-0.05, 0) is 48.4 Å². The van der Waals surface area contributed by atoms with Crippen LogP contribution in [0.4, 0.5) is 4.79 Å². The number of aryl methyl sites for hydroxylation is 1. The molecule has 3 rings (SSSR count). The Labute approximate surface area is 128 Å². The molecular weight excluding hydrogens is 282 g/mol. The molecule has 2 N–H and O–H groups in total. The summed E-state index contributed by atoms with van der Waals surface area (Å²) in [6.45, 7) is 0.603. The number of nitrogens with one attached hydrogen (secondary N) is 2. The van der Waals surface area contributed by atoms with Gasteiger partial charge in [0.05, 0.1) is 6.04 Å². The Balaban J connectivity index is 1.47. The second kappa shape index (κ2) is 6.72. The summed E-state index contributed by atoms with van der Waals surface area (Å²) in [5, 5.41) is 8.11. The number of hydrogen-bond acceptors (Lipinski definition) is 3. The predicted octanol–water partition coefficient (Wildman–Crippen LogP) is 3.06. The minimum Gasteiger partial charge on any atom is -0.338 e. The summed E-state index contributed by atoms with van der Waals surface area (Å²) in [6.07, 6.45) is 5.84. The van der Waals surface area contributed by atoms with Gasteiger partial charge in [0.2, 0.25) is 0 Å². The van der Waals surface area contributed by atoms with Crippen LogP contribution in [0.1, 0.15) is 35.0 Å². The highest BCUT2D eigenvalue weighted by atomic mass is 32.1. The summed E-state index contributed by atoms with van der Waals surface area (Å²) < 4.78 is 0. The van der Waals surface area contributed by atoms with Gasteiger partial charge in [0.15, 0.2) is 0 Å². The van der Waals surface area contributed by atoms with Gasteiger partial charge in [-0.25, -0.2) is 4.79 Å². The number of thiophene rings is 1. The lowest BCUT2D eigenvalue weighted by atomic mass is 9.94. The number of carbonyl (C=O) groups excluding carboxylic acids is 1. The van der Waals surface area contributed by atoms with Crippen LogP contribution in [0.15, 0.2) is 35.8 Å². The molecular formula is C16H19N3OS. The molecule has 1 aliphatic carbocycles. The van der Waals surface area contributed by atoms with Gasteiger partial charge in [0, 0.05) is 29.7 Å². The van der Waals surface area contributed by atoms with Crippen molar-refractivity contribution < 1.29 is 4.79 Å². The zero-order valence-corrected chi connectivity index (χ0v) is 12.7. The zero-order chi connectivity index (χ0) is 14.5. The molecule has 21 heavy (non-hydrogen) atoms. The fourth-order valence-electron chi connectivity index (χ4n) is 2.70. The molecule has 5 heteroatoms. The van der Waals surface area contributed by atoms with Crippen LogP contribution in [0.25, 0.3) is 0 Å². The third kappa shape index (κ3) is 3.61. The molecule has 0 fully saturated rings. The number of aromatic nitrogens is 1. The number of nitrogens with zero attached hydrogens (tertiary/aromatic N) is 1. The Kier molecular flexibility index (Phi) is 4.50. The van der Waals surface area contributed by atoms with Crippen LogP contribution >= 0.6 is 11.3 Å². The molecule has 2 amide bonds. The highest BCUT2D eigenvalue weighted by Crippen LogP contribution is 2.33. The highest BCUT2D eigenvalue weighted by molar-refractivity contribution is 7.10. The Morgan fingerprint density at radius 2 is 2.33 bits per heavy atom. The van der Waals surface area contributed by atoms with Crippen LogP contribution in [0.5, 0.6) is 0 Å². The molecule has 0 saturated heterocycles. The molecule has 1 atom stereocenters. The Morgan fingerprint density at radius 3 is 3.19 bits per heavy atom. The van der Waals surface area contributed by atoms with Crippen LogP contribution in [0.2, 0.25) is 0 Å². The van der Waals surface area contributed by atoms with Gasteiger partial charge < -0.3 is 10.6 Å². The number of rotatable bonds is 4. The number of fused-ring (bicyclic) bond motifs is 1. The second-order valence-electron chi connectivity index (χ2n) is 5.22. The first kappa shape index (κ1) is 14.1. The van der Waals surface area contributed by atoms with Crippen LogP contribution in [-0.2, 0) is 12.8 Å². The molecule has 4 nitrogen and oxygen atoms in total. The smallest absolute Gasteiger partial charge is 0.315 e. The fraction of sp³-hybridized carbons (Fsp3) is 0.375. The molecule has 0 saturated carbocycles. The Hall–Kier alpha value is -1.88. The van der Waals surface area contributed by atoms with Crippen LogP contribution in [0, 0.1) is 0 Å². The number of carbonyl (C=O) groups is 1. The van der Waals surface area contributed by atoms with Crippen molar-refractivity contribution in [2.45, 2.75) is 31.7 Å². The quantitative estimate of drug-likeness (QED) is 0.912. The molecule has 0 aliphatic heterocycles. The molecule has 1 aliphatic rings. The van der Waals surface area contributed by atoms with Gasteiger partial charge in [0.1, 0.15) is 0 Å². The zero-order valence-electron chi connectivity index (χ0n) is 11.8. The average molecular weight is 301 g/mol. The van der Waals surface area contributed by atoms with Gasteiger partial charge in [0.25, 0.3) is 0 Å². The normalized spacial score (nSPS) is 17.0. The topological polar surface area (TPSA) is 54.0 Å². The van der Waals surface area contributed by atoms with E-state index >= 15 is 0 Å². The van der Waals surface area contributed by atoms with E-state index in [1.54, 1.807) is 17.5 Å². The summed E-state index contributed by atoms with van der Waals surface area (Å²) in [6, 6.07) is 8.04. The second-order valence-corrected chi connectivity index (χ2v) is 6.22. The monoisotopic (exact) mass is 301 g/mol. The van der Waals surface area contributed by atoms with Crippen LogP contribution in [-0.4, -0.2) is 17.6 Å². The first-order valence-corrected chi connectivity index (χ1v) is 8.21. The van der Waals surface area contributed by atoms with Gasteiger partial charge in [-0.3, -0.25) is 4.98 Å². The van der Waals surface area contributed by atoms with E-state index in [0.29, 0.717) is 6.54 Å². The number of amides is 2. The van der Waals surface area contributed by atoms with E-state index in [9.17, 15) is 4.79 Å². The largest absolute Gasteiger partial charge is 0.338 e. The third-order valence-corrected chi connectivity index (χ3v) is 4.75. The van der Waals surface area contributed by atoms with E-state index in [4.69, 9.17) is 0 Å². The molecule has 2 heterocycles. The van der Waals surface area contributed by atoms with Gasteiger partial charge in [-0.1, -0.05) is 6.07 Å². The van der Waals surface area contributed by atoms with Crippen molar-refractivity contribution in [3.63, 3.8) is 0 Å². The molecule has 0 radical (unpaired) electrons. The molecule has 0 spiro atoms. The van der Waals surface area contributed by atoms with Gasteiger partial charge in [-0.15, -0.1) is 11.3 Å². The minimum absolute atomic E-state index is 0.0880. The van der Waals surface area contributed by atoms with E-state index < -0.39 is 0 Å². The van der Waals surface area contributed by atoms with E-state index in [0.717, 1.165) is 31.4 Å². The molecule has 0 bridgehead atoms. The number of hydrogen-bond donors (Lipinski definition) is 2. The van der Waals surface area contributed by atoms with Gasteiger partial charge >= 0.3 is 6.03 Å². The van der Waals surface area contributed by atoms with Crippen molar-refractivity contribution in [2.75, 3.05) is 6.54 Å². The van der Waals surface area contributed by atoms with Crippen LogP contribution < -0.4 is 10.6 Å². The molecule has 2 aromatic heterocycles. The summed E-state index contributed by atoms with van der Waals surface area (Å²) in [5.41, 5.74) is 2.29. The van der Waals surface area contributed by atoms with Crippen LogP contribution in [0.3, 0.4) is 0 Å². The first-order chi connectivity index (χ1) is 10.3. The third-order valence-electron chi connectivity index (χ3n) is 3.75. The van der Waals surface area contributed by atoms with E-state index in [1.165, 1.54) is 10.4 Å². The maximum absolute atomic E-state index is 12.0. The van der Waals surface area contributed by atoms with E-state index in [1.807, 2.05) is 18.2 Å². The average Bonchev–Trinajstić information content (AvgIpc) is 2.98. The standard InChI is InChI=1S/C16H19N3OS/c20-16(18-10-7-12-4-1-2-9-17-12)19-14-5-3-6-15-13(14)8-11-21-15/h1-2,4,8-9,11,14H,3,5-7,10H2,(H2,18,19,20)/t14-/m1/s1. The fourth-order valence-corrected chi connectivity index (χ4v) is 3.68. The number of pyridine rings is 1. The predicted molar refractivity (Wildman–Crippen MR) is 84.5 cm³/mol. The van der Waals surface area contributed by atoms with E-state index in [-0.39, 0.29) is 12.1 Å². The SMILES string of the molecule is O=C(NCCc1ccccn1)N[C@@H]1CCCc2sccc21. The minimum atomic E-state index is -0.0880. The first-order valence-electron chi connectivity index (χ1n) is 7.33. The molecule has 0 aromatic carbocycles. The lowest BCUT2D eigenvalue weighted by Gasteiger charge is -2.23. The Morgan fingerprint density at radius 1 is 1.38 bits per heavy atom. The van der Waals surface area contributed by atoms with Crippen molar-refractivity contribution in [1.29, 1.82) is 0 Å². The Bertz CT molecular complexity index is 597. The van der Waals surface area contributed by atoms with E-state index in [2.05, 4.69) is 27.1 Å². The van der Waals surface area contributed by atoms with Crippen molar-refractivity contribution in [2.24, 2.45) is 0 Å². The summed E-state index contributed by atoms with van der Waals surface area (Å²) in [5.74, 6) is 0. The molecule has 0 unspecified atom stereocenters. The molecule has 110 valence electrons. The van der Waals surface area contributed by atoms with Crippen molar-refractivity contribution in [1.82, 2.24) is 15.6 Å². The lowest BCUT2D eigenvalue weighted by Crippen LogP contribution is -2.39. The lowest BCUT2D eigenvalue weighted by molar-refractivity contribution is 0.235. The maximum Gasteiger partial charge on any atom is 0.315 e. The summed E-state index contributed by atoms with van der Waals surface area (Å²) >= 11 is 1.79. The molecule has 2 aromatic rings. The van der Waals surface area contributed by atoms with Gasteiger partial charge in [-0.2, -0.15) is 0 Å². The maximum atomic E-state index is 12.0. The highest BCUT2D eigenvalue weighted by Gasteiger charge is 2.22. The van der Waals surface area contributed by atoms with Crippen molar-refractivity contribution in [3.8, 4) is 0 Å². The van der Waals surface area contributed by atoms with Crippen molar-refractivity contribution >= 4 is 17.4 Å². The summed E-state index contributed by atoms with van der Waals surface area (Å²) in [4.78, 5) is 17.7. The summed E-state index contributed by atoms with van der Waals surface area (Å²) in [7, 11) is 0. The van der Waals surface area contributed by atoms with Crippen molar-refractivity contribution in [3.05, 3.63) is 52.0 Å². The number of urea groups is 1.